The van der Waals surface area contributed by atoms with Gasteiger partial charge in [0.15, 0.2) is 11.6 Å². The number of fused-ring (bicyclic) bond motifs is 1. The van der Waals surface area contributed by atoms with Gasteiger partial charge in [-0.1, -0.05) is 0 Å². The van der Waals surface area contributed by atoms with E-state index in [-0.39, 0.29) is 35.7 Å². The summed E-state index contributed by atoms with van der Waals surface area (Å²) in [4.78, 5) is -1.20. The fraction of sp³-hybridized carbons (Fsp3) is 0.143. The van der Waals surface area contributed by atoms with E-state index < -0.39 is 42.4 Å². The number of sulfonamides is 2. The van der Waals surface area contributed by atoms with Gasteiger partial charge in [0, 0.05) is 18.7 Å². The summed E-state index contributed by atoms with van der Waals surface area (Å²) >= 11 is 0. The molecule has 0 atom stereocenters. The summed E-state index contributed by atoms with van der Waals surface area (Å²) in [5.74, 6) is -4.42. The quantitative estimate of drug-likeness (QED) is 0.801. The third kappa shape index (κ3) is 2.98. The van der Waals surface area contributed by atoms with Crippen LogP contribution in [0.4, 0.5) is 18.9 Å². The smallest absolute Gasteiger partial charge is 0.266 e. The van der Waals surface area contributed by atoms with Crippen LogP contribution in [0.3, 0.4) is 0 Å². The van der Waals surface area contributed by atoms with Gasteiger partial charge in [-0.2, -0.15) is 0 Å². The van der Waals surface area contributed by atoms with Gasteiger partial charge in [0.05, 0.1) is 10.6 Å². The Bertz CT molecular complexity index is 1090. The summed E-state index contributed by atoms with van der Waals surface area (Å²) in [6, 6.07) is 3.99. The molecule has 2 aromatic carbocycles. The highest BCUT2D eigenvalue weighted by Gasteiger charge is 2.34. The Morgan fingerprint density at radius 1 is 0.920 bits per heavy atom. The van der Waals surface area contributed by atoms with Crippen LogP contribution in [0.2, 0.25) is 0 Å². The van der Waals surface area contributed by atoms with E-state index in [1.54, 1.807) is 0 Å². The zero-order valence-corrected chi connectivity index (χ0v) is 14.0. The maximum Gasteiger partial charge on any atom is 0.267 e. The molecule has 2 N–H and O–H groups in total. The van der Waals surface area contributed by atoms with E-state index >= 15 is 0 Å². The van der Waals surface area contributed by atoms with Gasteiger partial charge in [-0.25, -0.2) is 35.1 Å². The minimum absolute atomic E-state index is 0.107. The van der Waals surface area contributed by atoms with Crippen LogP contribution in [0.25, 0.3) is 0 Å². The Kier molecular flexibility index (Phi) is 4.05. The second-order valence-corrected chi connectivity index (χ2v) is 8.75. The van der Waals surface area contributed by atoms with Gasteiger partial charge < -0.3 is 0 Å². The Morgan fingerprint density at radius 2 is 1.56 bits per heavy atom. The molecule has 1 heterocycles. The van der Waals surface area contributed by atoms with E-state index in [1.807, 2.05) is 0 Å². The van der Waals surface area contributed by atoms with Gasteiger partial charge in [-0.05, 0) is 30.2 Å². The largest absolute Gasteiger partial charge is 0.267 e. The predicted molar refractivity (Wildman–Crippen MR) is 82.4 cm³/mol. The molecular formula is C14H11F3N2O4S2. The second kappa shape index (κ2) is 5.71. The molecule has 0 unspecified atom stereocenters. The first-order valence-corrected chi connectivity index (χ1v) is 9.83. The van der Waals surface area contributed by atoms with Gasteiger partial charge in [0.2, 0.25) is 10.0 Å². The van der Waals surface area contributed by atoms with Crippen LogP contribution in [0, 0.1) is 17.5 Å². The van der Waals surface area contributed by atoms with E-state index in [1.165, 1.54) is 12.1 Å². The van der Waals surface area contributed by atoms with Crippen molar-refractivity contribution < 1.29 is 30.0 Å². The monoisotopic (exact) mass is 392 g/mol. The average molecular weight is 392 g/mol. The molecule has 2 aromatic rings. The van der Waals surface area contributed by atoms with Crippen LogP contribution in [0.15, 0.2) is 40.1 Å². The molecule has 0 radical (unpaired) electrons. The number of hydrogen-bond acceptors (Lipinski definition) is 4. The molecule has 0 bridgehead atoms. The Labute approximate surface area is 141 Å². The van der Waals surface area contributed by atoms with Crippen LogP contribution < -0.4 is 9.44 Å². The van der Waals surface area contributed by atoms with E-state index in [4.69, 9.17) is 5.14 Å². The lowest BCUT2D eigenvalue weighted by Gasteiger charge is -2.20. The highest BCUT2D eigenvalue weighted by molar-refractivity contribution is 7.92. The lowest BCUT2D eigenvalue weighted by atomic mass is 10.2. The first-order valence-electron chi connectivity index (χ1n) is 6.85. The molecule has 0 amide bonds. The molecule has 25 heavy (non-hydrogen) atoms. The van der Waals surface area contributed by atoms with Gasteiger partial charge in [-0.3, -0.25) is 4.31 Å². The molecule has 0 saturated heterocycles. The molecule has 11 heteroatoms. The van der Waals surface area contributed by atoms with Crippen molar-refractivity contribution in [2.45, 2.75) is 16.2 Å². The summed E-state index contributed by atoms with van der Waals surface area (Å²) in [7, 11) is -8.47. The molecule has 0 fully saturated rings. The highest BCUT2D eigenvalue weighted by atomic mass is 32.2. The molecule has 0 saturated carbocycles. The van der Waals surface area contributed by atoms with Crippen LogP contribution in [0.5, 0.6) is 0 Å². The zero-order valence-electron chi connectivity index (χ0n) is 12.4. The minimum Gasteiger partial charge on any atom is -0.266 e. The first kappa shape index (κ1) is 17.7. The Morgan fingerprint density at radius 3 is 2.20 bits per heavy atom. The molecular weight excluding hydrogens is 381 g/mol. The molecule has 1 aliphatic heterocycles. The van der Waals surface area contributed by atoms with Crippen molar-refractivity contribution in [1.82, 2.24) is 0 Å². The van der Waals surface area contributed by atoms with Crippen molar-refractivity contribution >= 4 is 25.7 Å². The zero-order chi connectivity index (χ0) is 18.6. The normalized spacial score (nSPS) is 14.6. The van der Waals surface area contributed by atoms with Crippen molar-refractivity contribution in [3.05, 3.63) is 53.3 Å². The summed E-state index contributed by atoms with van der Waals surface area (Å²) in [6.45, 7) is -0.107. The maximum absolute atomic E-state index is 13.9. The summed E-state index contributed by atoms with van der Waals surface area (Å²) in [6.07, 6.45) is 0.156. The minimum atomic E-state index is -4.50. The third-order valence-corrected chi connectivity index (χ3v) is 6.51. The molecule has 0 aromatic heterocycles. The number of benzene rings is 2. The SMILES string of the molecule is NS(=O)(=O)c1ccc2c(c1)CCN2S(=O)(=O)c1cc(F)c(F)cc1F. The lowest BCUT2D eigenvalue weighted by Crippen LogP contribution is -2.30. The fourth-order valence-electron chi connectivity index (χ4n) is 2.60. The fourth-order valence-corrected chi connectivity index (χ4v) is 4.72. The second-order valence-electron chi connectivity index (χ2n) is 5.36. The number of anilines is 1. The Hall–Kier alpha value is -2.11. The molecule has 0 spiro atoms. The van der Waals surface area contributed by atoms with Crippen molar-refractivity contribution in [2.75, 3.05) is 10.8 Å². The number of nitrogens with zero attached hydrogens (tertiary/aromatic N) is 1. The van der Waals surface area contributed by atoms with Crippen molar-refractivity contribution in [3.63, 3.8) is 0 Å². The number of hydrogen-bond donors (Lipinski definition) is 1. The van der Waals surface area contributed by atoms with E-state index in [0.29, 0.717) is 5.56 Å². The number of primary sulfonamides is 1. The summed E-state index contributed by atoms with van der Waals surface area (Å²) < 4.78 is 89.0. The molecule has 1 aliphatic rings. The van der Waals surface area contributed by atoms with Crippen LogP contribution >= 0.6 is 0 Å². The van der Waals surface area contributed by atoms with Gasteiger partial charge in [-0.15, -0.1) is 0 Å². The third-order valence-electron chi connectivity index (χ3n) is 3.78. The number of halogens is 3. The van der Waals surface area contributed by atoms with Crippen LogP contribution in [-0.4, -0.2) is 23.4 Å². The van der Waals surface area contributed by atoms with E-state index in [2.05, 4.69) is 0 Å². The van der Waals surface area contributed by atoms with Crippen LogP contribution in [-0.2, 0) is 26.5 Å². The number of rotatable bonds is 3. The Balaban J connectivity index is 2.10. The molecule has 3 rings (SSSR count). The molecule has 6 nitrogen and oxygen atoms in total. The van der Waals surface area contributed by atoms with Crippen molar-refractivity contribution in [1.29, 1.82) is 0 Å². The molecule has 134 valence electrons. The molecule has 0 aliphatic carbocycles. The number of nitrogens with two attached hydrogens (primary N) is 1. The summed E-state index contributed by atoms with van der Waals surface area (Å²) in [5, 5.41) is 5.03. The standard InChI is InChI=1S/C14H11F3N2O4S2/c15-10-6-12(17)14(7-11(10)16)25(22,23)19-4-3-8-5-9(24(18,20)21)1-2-13(8)19/h1-2,5-7H,3-4H2,(H2,18,20,21). The first-order chi connectivity index (χ1) is 11.5. The van der Waals surface area contributed by atoms with Crippen molar-refractivity contribution in [3.8, 4) is 0 Å². The van der Waals surface area contributed by atoms with Gasteiger partial charge >= 0.3 is 0 Å². The van der Waals surface area contributed by atoms with Crippen molar-refractivity contribution in [2.24, 2.45) is 5.14 Å². The van der Waals surface area contributed by atoms with Crippen LogP contribution in [0.1, 0.15) is 5.56 Å². The average Bonchev–Trinajstić information content (AvgIpc) is 2.93. The van der Waals surface area contributed by atoms with Gasteiger partial charge in [0.25, 0.3) is 10.0 Å². The summed E-state index contributed by atoms with van der Waals surface area (Å²) in [5.41, 5.74) is 0.495. The predicted octanol–water partition coefficient (Wildman–Crippen LogP) is 1.50. The van der Waals surface area contributed by atoms with E-state index in [0.717, 1.165) is 10.4 Å². The highest BCUT2D eigenvalue weighted by Crippen LogP contribution is 2.35. The maximum atomic E-state index is 13.9. The topological polar surface area (TPSA) is 97.5 Å². The lowest BCUT2D eigenvalue weighted by molar-refractivity contribution is 0.482. The van der Waals surface area contributed by atoms with E-state index in [9.17, 15) is 30.0 Å². The van der Waals surface area contributed by atoms with Gasteiger partial charge in [0.1, 0.15) is 10.7 Å².